The lowest BCUT2D eigenvalue weighted by atomic mass is 10.4. The standard InChI is InChI=1S/C6H3ClN2O2S/c7-12(10,11)6-2-1-3-9-5(6)4-8/h1-3H. The van der Waals surface area contributed by atoms with Crippen LogP contribution in [0.3, 0.4) is 0 Å². The molecule has 4 nitrogen and oxygen atoms in total. The third-order valence-corrected chi connectivity index (χ3v) is 2.49. The van der Waals surface area contributed by atoms with Crippen molar-refractivity contribution in [3.05, 3.63) is 24.0 Å². The number of hydrogen-bond donors (Lipinski definition) is 0. The monoisotopic (exact) mass is 202 g/mol. The number of nitrogens with zero attached hydrogens (tertiary/aromatic N) is 2. The minimum absolute atomic E-state index is 0.187. The van der Waals surface area contributed by atoms with E-state index in [0.717, 1.165) is 0 Å². The van der Waals surface area contributed by atoms with Crippen molar-refractivity contribution in [3.63, 3.8) is 0 Å². The van der Waals surface area contributed by atoms with Crippen molar-refractivity contribution in [2.24, 2.45) is 0 Å². The Morgan fingerprint density at radius 3 is 2.67 bits per heavy atom. The molecule has 0 saturated heterocycles. The number of aromatic nitrogens is 1. The molecular weight excluding hydrogens is 200 g/mol. The summed E-state index contributed by atoms with van der Waals surface area (Å²) in [4.78, 5) is 3.28. The topological polar surface area (TPSA) is 70.8 Å². The molecule has 1 rings (SSSR count). The minimum atomic E-state index is -3.86. The summed E-state index contributed by atoms with van der Waals surface area (Å²) >= 11 is 0. The van der Waals surface area contributed by atoms with Crippen LogP contribution in [-0.4, -0.2) is 13.4 Å². The van der Waals surface area contributed by atoms with E-state index in [1.54, 1.807) is 6.07 Å². The predicted octanol–water partition coefficient (Wildman–Crippen LogP) is 0.881. The number of rotatable bonds is 1. The summed E-state index contributed by atoms with van der Waals surface area (Å²) in [6.07, 6.45) is 1.32. The highest BCUT2D eigenvalue weighted by Crippen LogP contribution is 2.16. The summed E-state index contributed by atoms with van der Waals surface area (Å²) < 4.78 is 21.6. The molecule has 0 N–H and O–H groups in total. The summed E-state index contributed by atoms with van der Waals surface area (Å²) in [5.41, 5.74) is -0.187. The Bertz CT molecular complexity index is 435. The van der Waals surface area contributed by atoms with E-state index >= 15 is 0 Å². The quantitative estimate of drug-likeness (QED) is 0.634. The molecule has 0 aliphatic heterocycles. The van der Waals surface area contributed by atoms with Crippen LogP contribution < -0.4 is 0 Å². The van der Waals surface area contributed by atoms with Gasteiger partial charge in [0.2, 0.25) is 0 Å². The fourth-order valence-corrected chi connectivity index (χ4v) is 1.62. The van der Waals surface area contributed by atoms with Gasteiger partial charge in [-0.2, -0.15) is 5.26 Å². The molecule has 6 heteroatoms. The van der Waals surface area contributed by atoms with E-state index in [0.29, 0.717) is 0 Å². The van der Waals surface area contributed by atoms with Gasteiger partial charge >= 0.3 is 0 Å². The van der Waals surface area contributed by atoms with Crippen molar-refractivity contribution in [1.82, 2.24) is 4.98 Å². The van der Waals surface area contributed by atoms with Gasteiger partial charge in [-0.15, -0.1) is 0 Å². The van der Waals surface area contributed by atoms with E-state index in [4.69, 9.17) is 15.9 Å². The summed E-state index contributed by atoms with van der Waals surface area (Å²) in [7, 11) is 1.17. The highest BCUT2D eigenvalue weighted by atomic mass is 35.7. The molecule has 0 bridgehead atoms. The molecule has 0 aliphatic carbocycles. The molecule has 0 radical (unpaired) electrons. The number of halogens is 1. The fourth-order valence-electron chi connectivity index (χ4n) is 0.671. The van der Waals surface area contributed by atoms with Gasteiger partial charge < -0.3 is 0 Å². The van der Waals surface area contributed by atoms with Gasteiger partial charge in [0.1, 0.15) is 11.0 Å². The molecule has 0 atom stereocenters. The molecule has 0 unspecified atom stereocenters. The van der Waals surface area contributed by atoms with Gasteiger partial charge in [-0.1, -0.05) is 0 Å². The third kappa shape index (κ3) is 1.72. The van der Waals surface area contributed by atoms with Crippen LogP contribution in [0.25, 0.3) is 0 Å². The van der Waals surface area contributed by atoms with Gasteiger partial charge in [-0.3, -0.25) is 0 Å². The van der Waals surface area contributed by atoms with Gasteiger partial charge in [0.05, 0.1) is 0 Å². The average molecular weight is 203 g/mol. The molecule has 0 fully saturated rings. The second-order valence-electron chi connectivity index (χ2n) is 1.90. The Balaban J connectivity index is 3.47. The Labute approximate surface area is 73.8 Å². The molecular formula is C6H3ClN2O2S. The molecule has 12 heavy (non-hydrogen) atoms. The molecule has 0 saturated carbocycles. The SMILES string of the molecule is N#Cc1ncccc1S(=O)(=O)Cl. The molecule has 1 aromatic heterocycles. The van der Waals surface area contributed by atoms with Gasteiger partial charge in [0.25, 0.3) is 9.05 Å². The van der Waals surface area contributed by atoms with E-state index in [9.17, 15) is 8.42 Å². The zero-order valence-electron chi connectivity index (χ0n) is 5.73. The smallest absolute Gasteiger partial charge is 0.244 e. The number of pyridine rings is 1. The highest BCUT2D eigenvalue weighted by molar-refractivity contribution is 8.13. The van der Waals surface area contributed by atoms with Crippen LogP contribution in [0.5, 0.6) is 0 Å². The average Bonchev–Trinajstić information content (AvgIpc) is 2.03. The maximum absolute atomic E-state index is 10.8. The highest BCUT2D eigenvalue weighted by Gasteiger charge is 2.15. The molecule has 1 heterocycles. The van der Waals surface area contributed by atoms with Crippen molar-refractivity contribution in [3.8, 4) is 6.07 Å². The molecule has 0 aliphatic rings. The van der Waals surface area contributed by atoms with E-state index < -0.39 is 9.05 Å². The lowest BCUT2D eigenvalue weighted by Gasteiger charge is -1.95. The Hall–Kier alpha value is -1.12. The normalized spacial score (nSPS) is 10.7. The number of nitriles is 1. The third-order valence-electron chi connectivity index (χ3n) is 1.14. The van der Waals surface area contributed by atoms with Crippen molar-refractivity contribution in [2.75, 3.05) is 0 Å². The van der Waals surface area contributed by atoms with E-state index in [2.05, 4.69) is 4.98 Å². The van der Waals surface area contributed by atoms with Crippen LogP contribution in [0.1, 0.15) is 5.69 Å². The van der Waals surface area contributed by atoms with Crippen LogP contribution in [0, 0.1) is 11.3 Å². The lowest BCUT2D eigenvalue weighted by Crippen LogP contribution is -1.96. The molecule has 0 spiro atoms. The predicted molar refractivity (Wildman–Crippen MR) is 42.0 cm³/mol. The van der Waals surface area contributed by atoms with Crippen LogP contribution in [0.15, 0.2) is 23.2 Å². The van der Waals surface area contributed by atoms with Crippen molar-refractivity contribution in [1.29, 1.82) is 5.26 Å². The summed E-state index contributed by atoms with van der Waals surface area (Å²) in [5.74, 6) is 0. The van der Waals surface area contributed by atoms with Crippen LogP contribution in [0.2, 0.25) is 0 Å². The molecule has 1 aromatic rings. The fraction of sp³-hybridized carbons (Fsp3) is 0. The van der Waals surface area contributed by atoms with Crippen LogP contribution in [-0.2, 0) is 9.05 Å². The molecule has 62 valence electrons. The Kier molecular flexibility index (Phi) is 2.31. The first-order valence-electron chi connectivity index (χ1n) is 2.85. The van der Waals surface area contributed by atoms with Gasteiger partial charge in [-0.25, -0.2) is 13.4 Å². The summed E-state index contributed by atoms with van der Waals surface area (Å²) in [6, 6.07) is 4.26. The summed E-state index contributed by atoms with van der Waals surface area (Å²) in [5, 5.41) is 8.45. The maximum atomic E-state index is 10.8. The van der Waals surface area contributed by atoms with E-state index in [1.165, 1.54) is 18.3 Å². The van der Waals surface area contributed by atoms with Gasteiger partial charge in [0, 0.05) is 16.9 Å². The van der Waals surface area contributed by atoms with Crippen molar-refractivity contribution < 1.29 is 8.42 Å². The zero-order valence-corrected chi connectivity index (χ0v) is 7.30. The Morgan fingerprint density at radius 1 is 1.58 bits per heavy atom. The summed E-state index contributed by atoms with van der Waals surface area (Å²) in [6.45, 7) is 0. The first-order valence-corrected chi connectivity index (χ1v) is 5.16. The largest absolute Gasteiger partial charge is 0.264 e. The zero-order chi connectivity index (χ0) is 9.19. The lowest BCUT2D eigenvalue weighted by molar-refractivity contribution is 0.609. The molecule has 0 amide bonds. The van der Waals surface area contributed by atoms with Gasteiger partial charge in [0.15, 0.2) is 5.69 Å². The number of hydrogen-bond acceptors (Lipinski definition) is 4. The van der Waals surface area contributed by atoms with Gasteiger partial charge in [-0.05, 0) is 12.1 Å². The van der Waals surface area contributed by atoms with E-state index in [1.807, 2.05) is 0 Å². The van der Waals surface area contributed by atoms with E-state index in [-0.39, 0.29) is 10.6 Å². The Morgan fingerprint density at radius 2 is 2.25 bits per heavy atom. The van der Waals surface area contributed by atoms with Crippen LogP contribution in [0.4, 0.5) is 0 Å². The minimum Gasteiger partial charge on any atom is -0.244 e. The second-order valence-corrected chi connectivity index (χ2v) is 4.43. The van der Waals surface area contributed by atoms with Crippen molar-refractivity contribution in [2.45, 2.75) is 4.90 Å². The first kappa shape index (κ1) is 8.97. The first-order chi connectivity index (χ1) is 5.55. The molecule has 0 aromatic carbocycles. The van der Waals surface area contributed by atoms with Crippen molar-refractivity contribution >= 4 is 19.7 Å². The maximum Gasteiger partial charge on any atom is 0.264 e. The second kappa shape index (κ2) is 3.09. The van der Waals surface area contributed by atoms with Crippen LogP contribution >= 0.6 is 10.7 Å².